The van der Waals surface area contributed by atoms with Crippen molar-refractivity contribution in [3.8, 4) is 0 Å². The largest absolute Gasteiger partial charge is 0.481 e. The summed E-state index contributed by atoms with van der Waals surface area (Å²) in [6, 6.07) is -2.35. The van der Waals surface area contributed by atoms with Gasteiger partial charge in [-0.15, -0.1) is 0 Å². The number of hydrogen-bond acceptors (Lipinski definition) is 7. The summed E-state index contributed by atoms with van der Waals surface area (Å²) in [5.74, 6) is -4.76. The molecule has 1 saturated carbocycles. The molecule has 1 aliphatic rings. The van der Waals surface area contributed by atoms with Crippen molar-refractivity contribution in [3.05, 3.63) is 0 Å². The number of carbonyl (C=O) groups excluding carboxylic acids is 4. The Bertz CT molecular complexity index is 1010. The maximum atomic E-state index is 12.9. The molecule has 0 aromatic rings. The van der Waals surface area contributed by atoms with E-state index in [4.69, 9.17) is 10.2 Å². The van der Waals surface area contributed by atoms with E-state index in [1.807, 2.05) is 6.92 Å². The summed E-state index contributed by atoms with van der Waals surface area (Å²) in [5.41, 5.74) is 0. The van der Waals surface area contributed by atoms with Crippen molar-refractivity contribution >= 4 is 41.5 Å². The van der Waals surface area contributed by atoms with Crippen molar-refractivity contribution in [1.82, 2.24) is 21.3 Å². The third kappa shape index (κ3) is 20.2. The van der Waals surface area contributed by atoms with Crippen molar-refractivity contribution in [2.24, 2.45) is 11.8 Å². The van der Waals surface area contributed by atoms with Crippen LogP contribution in [-0.4, -0.2) is 82.0 Å². The second-order valence-corrected chi connectivity index (χ2v) is 12.5. The number of unbranched alkanes of at least 4 members (excludes halogenated alkanes) is 7. The third-order valence-corrected chi connectivity index (χ3v) is 8.47. The van der Waals surface area contributed by atoms with Crippen LogP contribution >= 0.6 is 0 Å². The van der Waals surface area contributed by atoms with Crippen molar-refractivity contribution in [2.45, 2.75) is 141 Å². The van der Waals surface area contributed by atoms with E-state index in [2.05, 4.69) is 21.3 Å². The standard InChI is InChI=1S/C33H56N4O10/c1-2-21-34-32(45)25(18-20-30(42)43)36-28(39)19-17-26(33(46)47)37-31(44)24-15-13-23(14-16-24)22-35-27(38)11-9-7-5-3-4-6-8-10-12-29(40)41/h23-26H,2-22H2,1H3,(H,34,45)(H,35,38)(H,36,39)(H,37,44)(H,40,41)(H,42,43)(H,46,47)/t23?,24?,25-,26+/m0/s1. The fourth-order valence-electron chi connectivity index (χ4n) is 5.59. The molecule has 0 aliphatic heterocycles. The van der Waals surface area contributed by atoms with Crippen LogP contribution in [0.4, 0.5) is 0 Å². The molecular weight excluding hydrogens is 612 g/mol. The van der Waals surface area contributed by atoms with Crippen LogP contribution in [0.1, 0.15) is 129 Å². The second kappa shape index (κ2) is 24.5. The van der Waals surface area contributed by atoms with Crippen LogP contribution < -0.4 is 21.3 Å². The molecule has 4 amide bonds. The molecule has 47 heavy (non-hydrogen) atoms. The van der Waals surface area contributed by atoms with Gasteiger partial charge in [-0.2, -0.15) is 0 Å². The van der Waals surface area contributed by atoms with Gasteiger partial charge in [0.25, 0.3) is 0 Å². The van der Waals surface area contributed by atoms with Crippen LogP contribution in [0.3, 0.4) is 0 Å². The predicted molar refractivity (Wildman–Crippen MR) is 173 cm³/mol. The highest BCUT2D eigenvalue weighted by atomic mass is 16.4. The summed E-state index contributed by atoms with van der Waals surface area (Å²) in [4.78, 5) is 83.2. The first-order chi connectivity index (χ1) is 22.4. The molecule has 1 aliphatic carbocycles. The third-order valence-electron chi connectivity index (χ3n) is 8.47. The van der Waals surface area contributed by atoms with Crippen molar-refractivity contribution in [3.63, 3.8) is 0 Å². The van der Waals surface area contributed by atoms with Crippen LogP contribution in [0, 0.1) is 11.8 Å². The van der Waals surface area contributed by atoms with Crippen LogP contribution in [0.5, 0.6) is 0 Å². The van der Waals surface area contributed by atoms with E-state index < -0.39 is 41.8 Å². The Morgan fingerprint density at radius 1 is 0.617 bits per heavy atom. The van der Waals surface area contributed by atoms with E-state index in [0.717, 1.165) is 64.2 Å². The summed E-state index contributed by atoms with van der Waals surface area (Å²) in [6.45, 7) is 2.76. The maximum absolute atomic E-state index is 12.9. The molecular formula is C33H56N4O10. The quantitative estimate of drug-likeness (QED) is 0.0666. The average Bonchev–Trinajstić information content (AvgIpc) is 3.03. The lowest BCUT2D eigenvalue weighted by atomic mass is 9.81. The Morgan fingerprint density at radius 2 is 1.17 bits per heavy atom. The molecule has 7 N–H and O–H groups in total. The van der Waals surface area contributed by atoms with Gasteiger partial charge in [-0.05, 0) is 63.7 Å². The topological polar surface area (TPSA) is 228 Å². The number of aliphatic carboxylic acids is 3. The van der Waals surface area contributed by atoms with Crippen molar-refractivity contribution in [2.75, 3.05) is 13.1 Å². The molecule has 14 nitrogen and oxygen atoms in total. The SMILES string of the molecule is CCCNC(=O)[C@H](CCC(=O)O)NC(=O)CC[C@@H](NC(=O)C1CCC(CNC(=O)CCCCCCCCCCC(=O)O)CC1)C(=O)O. The highest BCUT2D eigenvalue weighted by Crippen LogP contribution is 2.28. The number of carbonyl (C=O) groups is 7. The van der Waals surface area contributed by atoms with E-state index in [1.54, 1.807) is 0 Å². The molecule has 14 heteroatoms. The first-order valence-corrected chi connectivity index (χ1v) is 17.2. The lowest BCUT2D eigenvalue weighted by Crippen LogP contribution is -2.48. The molecule has 2 atom stereocenters. The molecule has 268 valence electrons. The predicted octanol–water partition coefficient (Wildman–Crippen LogP) is 3.12. The molecule has 0 radical (unpaired) electrons. The Morgan fingerprint density at radius 3 is 1.72 bits per heavy atom. The highest BCUT2D eigenvalue weighted by molar-refractivity contribution is 5.89. The van der Waals surface area contributed by atoms with Gasteiger partial charge in [-0.3, -0.25) is 28.8 Å². The van der Waals surface area contributed by atoms with E-state index >= 15 is 0 Å². The van der Waals surface area contributed by atoms with Gasteiger partial charge < -0.3 is 36.6 Å². The Hall–Kier alpha value is -3.71. The normalized spacial score (nSPS) is 17.1. The molecule has 1 rings (SSSR count). The number of nitrogens with one attached hydrogen (secondary N) is 4. The highest BCUT2D eigenvalue weighted by Gasteiger charge is 2.30. The minimum atomic E-state index is -1.29. The van der Waals surface area contributed by atoms with Gasteiger partial charge in [0.05, 0.1) is 0 Å². The lowest BCUT2D eigenvalue weighted by molar-refractivity contribution is -0.143. The van der Waals surface area contributed by atoms with Gasteiger partial charge >= 0.3 is 17.9 Å². The number of carboxylic acids is 3. The van der Waals surface area contributed by atoms with Crippen LogP contribution in [0.2, 0.25) is 0 Å². The molecule has 0 unspecified atom stereocenters. The van der Waals surface area contributed by atoms with Gasteiger partial charge in [-0.1, -0.05) is 45.4 Å². The first-order valence-electron chi connectivity index (χ1n) is 17.2. The van der Waals surface area contributed by atoms with E-state index in [-0.39, 0.29) is 55.8 Å². The Kier molecular flexibility index (Phi) is 21.5. The van der Waals surface area contributed by atoms with E-state index in [0.29, 0.717) is 38.8 Å². The smallest absolute Gasteiger partial charge is 0.326 e. The number of hydrogen-bond donors (Lipinski definition) is 7. The summed E-state index contributed by atoms with van der Waals surface area (Å²) in [7, 11) is 0. The lowest BCUT2D eigenvalue weighted by Gasteiger charge is -2.28. The Labute approximate surface area is 277 Å². The summed E-state index contributed by atoms with van der Waals surface area (Å²) in [6.07, 6.45) is 10.8. The van der Waals surface area contributed by atoms with Crippen molar-refractivity contribution in [1.29, 1.82) is 0 Å². The molecule has 0 aromatic carbocycles. The monoisotopic (exact) mass is 668 g/mol. The molecule has 0 heterocycles. The van der Waals surface area contributed by atoms with Crippen LogP contribution in [-0.2, 0) is 33.6 Å². The number of amides is 4. The summed E-state index contributed by atoms with van der Waals surface area (Å²) < 4.78 is 0. The van der Waals surface area contributed by atoms with Crippen LogP contribution in [0.15, 0.2) is 0 Å². The van der Waals surface area contributed by atoms with Crippen LogP contribution in [0.25, 0.3) is 0 Å². The minimum Gasteiger partial charge on any atom is -0.481 e. The number of rotatable bonds is 26. The second-order valence-electron chi connectivity index (χ2n) is 12.5. The average molecular weight is 669 g/mol. The zero-order chi connectivity index (χ0) is 35.0. The zero-order valence-corrected chi connectivity index (χ0v) is 27.9. The zero-order valence-electron chi connectivity index (χ0n) is 27.9. The van der Waals surface area contributed by atoms with Gasteiger partial charge in [0.1, 0.15) is 12.1 Å². The van der Waals surface area contributed by atoms with Gasteiger partial charge in [0.2, 0.25) is 23.6 Å². The Balaban J connectivity index is 2.32. The number of carboxylic acid groups (broad SMARTS) is 3. The molecule has 0 aromatic heterocycles. The molecule has 0 saturated heterocycles. The van der Waals surface area contributed by atoms with Gasteiger partial charge in [0, 0.05) is 44.7 Å². The van der Waals surface area contributed by atoms with Crippen molar-refractivity contribution < 1.29 is 48.9 Å². The fraction of sp³-hybridized carbons (Fsp3) is 0.788. The molecule has 0 bridgehead atoms. The first kappa shape index (κ1) is 41.3. The molecule has 1 fully saturated rings. The fourth-order valence-corrected chi connectivity index (χ4v) is 5.59. The maximum Gasteiger partial charge on any atom is 0.326 e. The van der Waals surface area contributed by atoms with Gasteiger partial charge in [-0.25, -0.2) is 4.79 Å². The summed E-state index contributed by atoms with van der Waals surface area (Å²) in [5, 5.41) is 37.9. The minimum absolute atomic E-state index is 0.0154. The van der Waals surface area contributed by atoms with E-state index in [9.17, 15) is 38.7 Å². The molecule has 0 spiro atoms. The van der Waals surface area contributed by atoms with Gasteiger partial charge in [0.15, 0.2) is 0 Å². The van der Waals surface area contributed by atoms with E-state index in [1.165, 1.54) is 0 Å². The summed E-state index contributed by atoms with van der Waals surface area (Å²) >= 11 is 0.